The molecule has 0 amide bonds. The van der Waals surface area contributed by atoms with Gasteiger partial charge in [-0.25, -0.2) is 4.98 Å². The van der Waals surface area contributed by atoms with E-state index in [0.29, 0.717) is 0 Å². The summed E-state index contributed by atoms with van der Waals surface area (Å²) in [4.78, 5) is 6.98. The molecule has 0 fully saturated rings. The van der Waals surface area contributed by atoms with Crippen LogP contribution < -0.4 is 14.8 Å². The van der Waals surface area contributed by atoms with Crippen molar-refractivity contribution >= 4 is 22.7 Å². The molecule has 0 aliphatic rings. The van der Waals surface area contributed by atoms with E-state index in [9.17, 15) is 0 Å². The molecular weight excluding hydrogens is 328 g/mol. The molecule has 0 aliphatic heterocycles. The number of thiazole rings is 1. The number of nitrogens with zero attached hydrogens (tertiary/aromatic N) is 1. The van der Waals surface area contributed by atoms with Crippen molar-refractivity contribution in [3.05, 3.63) is 52.5 Å². The van der Waals surface area contributed by atoms with Crippen molar-refractivity contribution in [2.75, 3.05) is 14.2 Å². The molecule has 0 aliphatic carbocycles. The Kier molecular flexibility index (Phi) is 5.27. The number of ether oxygens (including phenoxy) is 2. The lowest BCUT2D eigenvalue weighted by molar-refractivity contribution is 0.354. The lowest BCUT2D eigenvalue weighted by Gasteiger charge is -2.09. The highest BCUT2D eigenvalue weighted by atomic mass is 32.1. The van der Waals surface area contributed by atoms with Gasteiger partial charge in [0.05, 0.1) is 19.1 Å². The molecule has 0 saturated heterocycles. The van der Waals surface area contributed by atoms with Crippen LogP contribution in [0.2, 0.25) is 0 Å². The SMILES string of the molecule is COc1ccc(CNCc2ncc(-c3cccs3)s2)cc1OC. The van der Waals surface area contributed by atoms with E-state index in [1.54, 1.807) is 36.9 Å². The number of rotatable bonds is 7. The molecule has 23 heavy (non-hydrogen) atoms. The second-order valence-corrected chi connectivity index (χ2v) is 6.95. The Morgan fingerprint density at radius 3 is 2.65 bits per heavy atom. The topological polar surface area (TPSA) is 43.4 Å². The normalized spacial score (nSPS) is 10.7. The number of thiophene rings is 1. The van der Waals surface area contributed by atoms with Gasteiger partial charge in [-0.3, -0.25) is 0 Å². The maximum atomic E-state index is 5.32. The maximum Gasteiger partial charge on any atom is 0.161 e. The van der Waals surface area contributed by atoms with Gasteiger partial charge in [0.15, 0.2) is 11.5 Å². The van der Waals surface area contributed by atoms with Crippen LogP contribution in [0, 0.1) is 0 Å². The van der Waals surface area contributed by atoms with Crippen molar-refractivity contribution in [1.29, 1.82) is 0 Å². The van der Waals surface area contributed by atoms with E-state index < -0.39 is 0 Å². The van der Waals surface area contributed by atoms with Crippen LogP contribution in [0.4, 0.5) is 0 Å². The molecule has 0 spiro atoms. The van der Waals surface area contributed by atoms with Crippen LogP contribution in [-0.2, 0) is 13.1 Å². The Hall–Kier alpha value is -1.89. The predicted octanol–water partition coefficient (Wildman–Crippen LogP) is 4.18. The fraction of sp³-hybridized carbons (Fsp3) is 0.235. The van der Waals surface area contributed by atoms with Gasteiger partial charge in [0.25, 0.3) is 0 Å². The van der Waals surface area contributed by atoms with Crippen molar-refractivity contribution in [3.8, 4) is 21.3 Å². The minimum atomic E-state index is 0.747. The zero-order chi connectivity index (χ0) is 16.1. The Morgan fingerprint density at radius 1 is 1.04 bits per heavy atom. The summed E-state index contributed by atoms with van der Waals surface area (Å²) in [6.07, 6.45) is 1.95. The maximum absolute atomic E-state index is 5.32. The molecule has 2 heterocycles. The highest BCUT2D eigenvalue weighted by Gasteiger charge is 2.07. The van der Waals surface area contributed by atoms with E-state index in [-0.39, 0.29) is 0 Å². The van der Waals surface area contributed by atoms with Crippen molar-refractivity contribution in [1.82, 2.24) is 10.3 Å². The third kappa shape index (κ3) is 3.90. The summed E-state index contributed by atoms with van der Waals surface area (Å²) in [6.45, 7) is 1.51. The lowest BCUT2D eigenvalue weighted by Crippen LogP contribution is -2.12. The second kappa shape index (κ2) is 7.59. The monoisotopic (exact) mass is 346 g/mol. The Morgan fingerprint density at radius 2 is 1.91 bits per heavy atom. The van der Waals surface area contributed by atoms with Gasteiger partial charge < -0.3 is 14.8 Å². The van der Waals surface area contributed by atoms with Crippen LogP contribution in [0.3, 0.4) is 0 Å². The van der Waals surface area contributed by atoms with Gasteiger partial charge in [0.1, 0.15) is 5.01 Å². The molecule has 3 rings (SSSR count). The Balaban J connectivity index is 1.57. The van der Waals surface area contributed by atoms with Crippen molar-refractivity contribution in [2.24, 2.45) is 0 Å². The van der Waals surface area contributed by atoms with Crippen LogP contribution in [0.1, 0.15) is 10.6 Å². The zero-order valence-corrected chi connectivity index (χ0v) is 14.7. The van der Waals surface area contributed by atoms with Crippen LogP contribution in [0.5, 0.6) is 11.5 Å². The highest BCUT2D eigenvalue weighted by Crippen LogP contribution is 2.30. The van der Waals surface area contributed by atoms with Crippen LogP contribution >= 0.6 is 22.7 Å². The molecule has 0 unspecified atom stereocenters. The third-order valence-corrected chi connectivity index (χ3v) is 5.43. The van der Waals surface area contributed by atoms with E-state index in [1.165, 1.54) is 9.75 Å². The van der Waals surface area contributed by atoms with Crippen LogP contribution in [0.25, 0.3) is 9.75 Å². The first kappa shape index (κ1) is 16.0. The van der Waals surface area contributed by atoms with Gasteiger partial charge in [-0.05, 0) is 29.1 Å². The van der Waals surface area contributed by atoms with Gasteiger partial charge in [0.2, 0.25) is 0 Å². The Labute approximate surface area is 143 Å². The van der Waals surface area contributed by atoms with E-state index in [2.05, 4.69) is 27.8 Å². The molecule has 1 aromatic carbocycles. The fourth-order valence-electron chi connectivity index (χ4n) is 2.23. The smallest absolute Gasteiger partial charge is 0.161 e. The lowest BCUT2D eigenvalue weighted by atomic mass is 10.2. The number of nitrogens with one attached hydrogen (secondary N) is 1. The van der Waals surface area contributed by atoms with Gasteiger partial charge >= 0.3 is 0 Å². The molecule has 2 aromatic heterocycles. The van der Waals surface area contributed by atoms with Crippen molar-refractivity contribution in [3.63, 3.8) is 0 Å². The minimum absolute atomic E-state index is 0.747. The number of methoxy groups -OCH3 is 2. The summed E-state index contributed by atoms with van der Waals surface area (Å²) >= 11 is 3.47. The standard InChI is InChI=1S/C17H18N2O2S2/c1-20-13-6-5-12(8-14(13)21-2)9-18-11-17-19-10-16(23-17)15-4-3-7-22-15/h3-8,10,18H,9,11H2,1-2H3. The summed E-state index contributed by atoms with van der Waals surface area (Å²) < 4.78 is 10.6. The molecule has 3 aromatic rings. The first-order valence-corrected chi connectivity index (χ1v) is 8.90. The fourth-order valence-corrected chi connectivity index (χ4v) is 3.94. The average molecular weight is 346 g/mol. The minimum Gasteiger partial charge on any atom is -0.493 e. The summed E-state index contributed by atoms with van der Waals surface area (Å²) in [5.74, 6) is 1.50. The van der Waals surface area contributed by atoms with Gasteiger partial charge in [0, 0.05) is 24.2 Å². The summed E-state index contributed by atoms with van der Waals surface area (Å²) in [7, 11) is 3.29. The number of hydrogen-bond donors (Lipinski definition) is 1. The molecule has 0 atom stereocenters. The molecule has 0 bridgehead atoms. The molecular formula is C17H18N2O2S2. The number of hydrogen-bond acceptors (Lipinski definition) is 6. The van der Waals surface area contributed by atoms with Crippen molar-refractivity contribution < 1.29 is 9.47 Å². The highest BCUT2D eigenvalue weighted by molar-refractivity contribution is 7.21. The van der Waals surface area contributed by atoms with Gasteiger partial charge in [-0.15, -0.1) is 22.7 Å². The van der Waals surface area contributed by atoms with Gasteiger partial charge in [-0.1, -0.05) is 12.1 Å². The van der Waals surface area contributed by atoms with E-state index >= 15 is 0 Å². The van der Waals surface area contributed by atoms with Crippen LogP contribution in [-0.4, -0.2) is 19.2 Å². The zero-order valence-electron chi connectivity index (χ0n) is 13.0. The average Bonchev–Trinajstić information content (AvgIpc) is 3.26. The molecule has 0 saturated carbocycles. The first-order valence-electron chi connectivity index (χ1n) is 7.20. The summed E-state index contributed by atoms with van der Waals surface area (Å²) in [6, 6.07) is 10.1. The predicted molar refractivity (Wildman–Crippen MR) is 95.5 cm³/mol. The quantitative estimate of drug-likeness (QED) is 0.697. The Bertz CT molecular complexity index is 754. The molecule has 0 radical (unpaired) electrons. The van der Waals surface area contributed by atoms with Gasteiger partial charge in [-0.2, -0.15) is 0 Å². The molecule has 1 N–H and O–H groups in total. The molecule has 120 valence electrons. The van der Waals surface area contributed by atoms with E-state index in [1.807, 2.05) is 24.4 Å². The summed E-state index contributed by atoms with van der Waals surface area (Å²) in [5, 5.41) is 6.60. The van der Waals surface area contributed by atoms with E-state index in [4.69, 9.17) is 9.47 Å². The third-order valence-electron chi connectivity index (χ3n) is 3.37. The van der Waals surface area contributed by atoms with E-state index in [0.717, 1.165) is 35.2 Å². The largest absolute Gasteiger partial charge is 0.493 e. The number of aromatic nitrogens is 1. The second-order valence-electron chi connectivity index (χ2n) is 4.89. The molecule has 6 heteroatoms. The van der Waals surface area contributed by atoms with Crippen molar-refractivity contribution in [2.45, 2.75) is 13.1 Å². The molecule has 4 nitrogen and oxygen atoms in total. The first-order chi connectivity index (χ1) is 11.3. The van der Waals surface area contributed by atoms with Crippen LogP contribution in [0.15, 0.2) is 41.9 Å². The number of benzene rings is 1. The summed E-state index contributed by atoms with van der Waals surface area (Å²) in [5.41, 5.74) is 1.15.